The molecular formula is C11H12Br2OS. The Hall–Kier alpha value is 0.620. The molecule has 1 nitrogen and oxygen atoms in total. The quantitative estimate of drug-likeness (QED) is 0.839. The van der Waals surface area contributed by atoms with Crippen molar-refractivity contribution in [3.05, 3.63) is 19.2 Å². The first-order valence-corrected chi connectivity index (χ1v) is 7.71. The number of fused-ring (bicyclic) bond motifs is 1. The summed E-state index contributed by atoms with van der Waals surface area (Å²) in [4.78, 5) is 0. The summed E-state index contributed by atoms with van der Waals surface area (Å²) in [5.74, 6) is 2.16. The SMILES string of the molecule is OC(c1cc(Br)sc1Br)C1C2CCCC21. The minimum absolute atomic E-state index is 0.253. The van der Waals surface area contributed by atoms with E-state index in [-0.39, 0.29) is 6.10 Å². The van der Waals surface area contributed by atoms with Gasteiger partial charge in [0.2, 0.25) is 0 Å². The van der Waals surface area contributed by atoms with Crippen LogP contribution in [-0.4, -0.2) is 5.11 Å². The van der Waals surface area contributed by atoms with E-state index < -0.39 is 0 Å². The number of hydrogen-bond acceptors (Lipinski definition) is 2. The molecule has 0 saturated heterocycles. The van der Waals surface area contributed by atoms with Crippen LogP contribution in [0.15, 0.2) is 13.6 Å². The minimum Gasteiger partial charge on any atom is -0.388 e. The second-order valence-corrected chi connectivity index (χ2v) is 8.31. The Bertz CT molecular complexity index is 380. The van der Waals surface area contributed by atoms with Gasteiger partial charge in [0, 0.05) is 5.56 Å². The lowest BCUT2D eigenvalue weighted by Gasteiger charge is -2.11. The maximum atomic E-state index is 10.3. The van der Waals surface area contributed by atoms with Crippen molar-refractivity contribution in [1.82, 2.24) is 0 Å². The molecule has 15 heavy (non-hydrogen) atoms. The van der Waals surface area contributed by atoms with Gasteiger partial charge in [-0.1, -0.05) is 6.42 Å². The van der Waals surface area contributed by atoms with Gasteiger partial charge >= 0.3 is 0 Å². The van der Waals surface area contributed by atoms with Crippen molar-refractivity contribution in [3.63, 3.8) is 0 Å². The van der Waals surface area contributed by atoms with Crippen molar-refractivity contribution in [1.29, 1.82) is 0 Å². The second kappa shape index (κ2) is 3.83. The van der Waals surface area contributed by atoms with Gasteiger partial charge in [-0.3, -0.25) is 0 Å². The van der Waals surface area contributed by atoms with Crippen LogP contribution in [0.25, 0.3) is 0 Å². The molecule has 2 aliphatic rings. The van der Waals surface area contributed by atoms with E-state index in [0.717, 1.165) is 25.0 Å². The van der Waals surface area contributed by atoms with E-state index in [4.69, 9.17) is 0 Å². The maximum absolute atomic E-state index is 10.3. The van der Waals surface area contributed by atoms with Gasteiger partial charge in [-0.25, -0.2) is 0 Å². The largest absolute Gasteiger partial charge is 0.388 e. The molecule has 1 aromatic heterocycles. The Morgan fingerprint density at radius 3 is 2.53 bits per heavy atom. The smallest absolute Gasteiger partial charge is 0.0843 e. The maximum Gasteiger partial charge on any atom is 0.0843 e. The van der Waals surface area contributed by atoms with E-state index in [9.17, 15) is 5.11 Å². The lowest BCUT2D eigenvalue weighted by atomic mass is 10.0. The molecule has 1 N–H and O–H groups in total. The summed E-state index contributed by atoms with van der Waals surface area (Å²) in [5, 5.41) is 10.3. The van der Waals surface area contributed by atoms with Gasteiger partial charge in [0.1, 0.15) is 0 Å². The van der Waals surface area contributed by atoms with Gasteiger partial charge in [0.25, 0.3) is 0 Å². The molecule has 0 aromatic carbocycles. The Balaban J connectivity index is 1.80. The summed E-state index contributed by atoms with van der Waals surface area (Å²) in [5.41, 5.74) is 1.08. The standard InChI is InChI=1S/C11H12Br2OS/c12-8-4-7(11(13)15-8)10(14)9-5-2-1-3-6(5)9/h4-6,9-10,14H,1-3H2. The van der Waals surface area contributed by atoms with Crippen molar-refractivity contribution in [2.75, 3.05) is 0 Å². The van der Waals surface area contributed by atoms with Crippen LogP contribution in [0.2, 0.25) is 0 Å². The first-order chi connectivity index (χ1) is 7.18. The predicted octanol–water partition coefficient (Wildman–Crippen LogP) is 4.35. The van der Waals surface area contributed by atoms with Crippen molar-refractivity contribution in [2.24, 2.45) is 17.8 Å². The van der Waals surface area contributed by atoms with Crippen molar-refractivity contribution < 1.29 is 5.11 Å². The van der Waals surface area contributed by atoms with Gasteiger partial charge in [0.15, 0.2) is 0 Å². The molecule has 0 aliphatic heterocycles. The van der Waals surface area contributed by atoms with E-state index in [2.05, 4.69) is 31.9 Å². The molecule has 0 amide bonds. The first-order valence-electron chi connectivity index (χ1n) is 5.31. The molecule has 1 heterocycles. The molecule has 2 aliphatic carbocycles. The molecule has 3 unspecified atom stereocenters. The molecule has 3 rings (SSSR count). The van der Waals surface area contributed by atoms with E-state index in [0.29, 0.717) is 5.92 Å². The molecule has 3 atom stereocenters. The average molecular weight is 352 g/mol. The Labute approximate surface area is 110 Å². The number of aliphatic hydroxyl groups is 1. The molecule has 4 heteroatoms. The minimum atomic E-state index is -0.253. The number of thiophene rings is 1. The lowest BCUT2D eigenvalue weighted by molar-refractivity contribution is 0.137. The Morgan fingerprint density at radius 1 is 1.33 bits per heavy atom. The van der Waals surface area contributed by atoms with Crippen molar-refractivity contribution >= 4 is 43.2 Å². The van der Waals surface area contributed by atoms with E-state index >= 15 is 0 Å². The van der Waals surface area contributed by atoms with E-state index in [1.54, 1.807) is 11.3 Å². The van der Waals surface area contributed by atoms with Crippen LogP contribution in [0, 0.1) is 17.8 Å². The fourth-order valence-electron chi connectivity index (χ4n) is 3.11. The van der Waals surface area contributed by atoms with Gasteiger partial charge in [-0.05, 0) is 68.5 Å². The molecule has 0 bridgehead atoms. The van der Waals surface area contributed by atoms with E-state index in [1.165, 1.54) is 19.3 Å². The molecular weight excluding hydrogens is 340 g/mol. The second-order valence-electron chi connectivity index (χ2n) is 4.56. The highest BCUT2D eigenvalue weighted by atomic mass is 79.9. The van der Waals surface area contributed by atoms with Crippen LogP contribution >= 0.6 is 43.2 Å². The van der Waals surface area contributed by atoms with Crippen molar-refractivity contribution in [3.8, 4) is 0 Å². The lowest BCUT2D eigenvalue weighted by Crippen LogP contribution is -2.03. The Kier molecular flexibility index (Phi) is 2.74. The zero-order chi connectivity index (χ0) is 10.6. The van der Waals surface area contributed by atoms with Crippen LogP contribution in [0.3, 0.4) is 0 Å². The summed E-state index contributed by atoms with van der Waals surface area (Å²) in [6, 6.07) is 2.05. The highest BCUT2D eigenvalue weighted by Crippen LogP contribution is 2.62. The third-order valence-electron chi connectivity index (χ3n) is 3.84. The van der Waals surface area contributed by atoms with Gasteiger partial charge in [-0.2, -0.15) is 0 Å². The van der Waals surface area contributed by atoms with Gasteiger partial charge in [-0.15, -0.1) is 11.3 Å². The average Bonchev–Trinajstić information content (AvgIpc) is 2.58. The molecule has 2 saturated carbocycles. The third-order valence-corrected chi connectivity index (χ3v) is 6.22. The zero-order valence-electron chi connectivity index (χ0n) is 8.12. The summed E-state index contributed by atoms with van der Waals surface area (Å²) < 4.78 is 2.17. The third kappa shape index (κ3) is 1.74. The number of hydrogen-bond donors (Lipinski definition) is 1. The Morgan fingerprint density at radius 2 is 2.00 bits per heavy atom. The van der Waals surface area contributed by atoms with Gasteiger partial charge in [0.05, 0.1) is 13.7 Å². The van der Waals surface area contributed by atoms with Crippen LogP contribution in [0.1, 0.15) is 30.9 Å². The summed E-state index contributed by atoms with van der Waals surface area (Å²) in [6.07, 6.45) is 3.77. The predicted molar refractivity (Wildman–Crippen MR) is 69.0 cm³/mol. The topological polar surface area (TPSA) is 20.2 Å². The molecule has 0 radical (unpaired) electrons. The highest BCUT2D eigenvalue weighted by Gasteiger charge is 2.56. The summed E-state index contributed by atoms with van der Waals surface area (Å²) in [6.45, 7) is 0. The summed E-state index contributed by atoms with van der Waals surface area (Å²) >= 11 is 8.63. The van der Waals surface area contributed by atoms with Crippen LogP contribution in [0.4, 0.5) is 0 Å². The van der Waals surface area contributed by atoms with Gasteiger partial charge < -0.3 is 5.11 Å². The van der Waals surface area contributed by atoms with Crippen LogP contribution in [0.5, 0.6) is 0 Å². The first kappa shape index (κ1) is 10.8. The zero-order valence-corrected chi connectivity index (χ0v) is 12.1. The monoisotopic (exact) mass is 350 g/mol. The van der Waals surface area contributed by atoms with Crippen molar-refractivity contribution in [2.45, 2.75) is 25.4 Å². The molecule has 1 aromatic rings. The van der Waals surface area contributed by atoms with Crippen LogP contribution in [-0.2, 0) is 0 Å². The molecule has 0 spiro atoms. The highest BCUT2D eigenvalue weighted by molar-refractivity contribution is 9.12. The fraction of sp³-hybridized carbons (Fsp3) is 0.636. The number of halogens is 2. The van der Waals surface area contributed by atoms with E-state index in [1.807, 2.05) is 6.07 Å². The number of aliphatic hydroxyl groups excluding tert-OH is 1. The molecule has 82 valence electrons. The fourth-order valence-corrected chi connectivity index (χ4v) is 6.02. The normalized spacial score (nSPS) is 35.3. The molecule has 2 fully saturated rings. The van der Waals surface area contributed by atoms with Crippen LogP contribution < -0.4 is 0 Å². The summed E-state index contributed by atoms with van der Waals surface area (Å²) in [7, 11) is 0. The number of rotatable bonds is 2.